The van der Waals surface area contributed by atoms with Gasteiger partial charge in [0.15, 0.2) is 11.3 Å². The van der Waals surface area contributed by atoms with Gasteiger partial charge in [0, 0.05) is 24.1 Å². The van der Waals surface area contributed by atoms with Crippen molar-refractivity contribution in [3.05, 3.63) is 29.0 Å². The molecule has 0 amide bonds. The molecule has 0 aliphatic heterocycles. The van der Waals surface area contributed by atoms with E-state index in [-0.39, 0.29) is 0 Å². The Bertz CT molecular complexity index is 785. The Labute approximate surface area is 120 Å². The second-order valence-electron chi connectivity index (χ2n) is 4.62. The summed E-state index contributed by atoms with van der Waals surface area (Å²) < 4.78 is 12.6. The van der Waals surface area contributed by atoms with E-state index in [2.05, 4.69) is 5.10 Å². The SMILES string of the molecule is COc1cc(-c2cc(N)n(C)n2)c(Cl)c2cc(C)oc12. The highest BCUT2D eigenvalue weighted by molar-refractivity contribution is 6.38. The van der Waals surface area contributed by atoms with Crippen molar-refractivity contribution in [3.63, 3.8) is 0 Å². The molecule has 0 fully saturated rings. The average Bonchev–Trinajstić information content (AvgIpc) is 2.94. The fourth-order valence-electron chi connectivity index (χ4n) is 2.22. The number of nitrogen functional groups attached to an aromatic ring is 1. The maximum Gasteiger partial charge on any atom is 0.177 e. The van der Waals surface area contributed by atoms with Gasteiger partial charge in [-0.3, -0.25) is 4.68 Å². The molecule has 2 heterocycles. The molecule has 0 bridgehead atoms. The summed E-state index contributed by atoms with van der Waals surface area (Å²) in [4.78, 5) is 0. The van der Waals surface area contributed by atoms with E-state index < -0.39 is 0 Å². The normalized spacial score (nSPS) is 11.2. The molecule has 0 spiro atoms. The van der Waals surface area contributed by atoms with Crippen molar-refractivity contribution in [1.29, 1.82) is 0 Å². The zero-order valence-electron chi connectivity index (χ0n) is 11.4. The quantitative estimate of drug-likeness (QED) is 0.786. The number of fused-ring (bicyclic) bond motifs is 1. The number of methoxy groups -OCH3 is 1. The van der Waals surface area contributed by atoms with Crippen molar-refractivity contribution in [2.75, 3.05) is 12.8 Å². The first-order valence-electron chi connectivity index (χ1n) is 6.07. The predicted molar refractivity (Wildman–Crippen MR) is 79.1 cm³/mol. The van der Waals surface area contributed by atoms with Gasteiger partial charge in [0.25, 0.3) is 0 Å². The highest BCUT2D eigenvalue weighted by atomic mass is 35.5. The molecule has 0 unspecified atom stereocenters. The fourth-order valence-corrected chi connectivity index (χ4v) is 2.51. The standard InChI is InChI=1S/C14H14ClN3O2/c1-7-4-9-13(15)8(5-11(19-3)14(9)20-7)10-6-12(16)18(2)17-10/h4-6H,16H2,1-3H3. The van der Waals surface area contributed by atoms with Crippen LogP contribution in [0.15, 0.2) is 22.6 Å². The van der Waals surface area contributed by atoms with Crippen molar-refractivity contribution in [2.24, 2.45) is 7.05 Å². The van der Waals surface area contributed by atoms with E-state index in [4.69, 9.17) is 26.5 Å². The summed E-state index contributed by atoms with van der Waals surface area (Å²) in [6.07, 6.45) is 0. The van der Waals surface area contributed by atoms with Gasteiger partial charge in [0.1, 0.15) is 11.6 Å². The predicted octanol–water partition coefficient (Wildman–Crippen LogP) is 3.39. The van der Waals surface area contributed by atoms with Crippen LogP contribution in [-0.2, 0) is 7.05 Å². The van der Waals surface area contributed by atoms with Crippen LogP contribution < -0.4 is 10.5 Å². The number of aromatic nitrogens is 2. The number of ether oxygens (including phenoxy) is 1. The summed E-state index contributed by atoms with van der Waals surface area (Å²) in [7, 11) is 3.38. The maximum absolute atomic E-state index is 6.47. The Morgan fingerprint density at radius 1 is 1.35 bits per heavy atom. The third kappa shape index (κ3) is 1.82. The lowest BCUT2D eigenvalue weighted by Crippen LogP contribution is -1.96. The van der Waals surface area contributed by atoms with Crippen LogP contribution in [0.1, 0.15) is 5.76 Å². The van der Waals surface area contributed by atoms with Crippen LogP contribution in [0.5, 0.6) is 5.75 Å². The second kappa shape index (κ2) is 4.45. The van der Waals surface area contributed by atoms with Crippen LogP contribution in [0.3, 0.4) is 0 Å². The van der Waals surface area contributed by atoms with E-state index in [1.54, 1.807) is 24.9 Å². The zero-order chi connectivity index (χ0) is 14.4. The molecule has 0 saturated heterocycles. The third-order valence-electron chi connectivity index (χ3n) is 3.24. The Morgan fingerprint density at radius 2 is 2.10 bits per heavy atom. The van der Waals surface area contributed by atoms with E-state index in [9.17, 15) is 0 Å². The first kappa shape index (κ1) is 12.9. The minimum Gasteiger partial charge on any atom is -0.493 e. The van der Waals surface area contributed by atoms with Crippen LogP contribution in [0, 0.1) is 6.92 Å². The summed E-state index contributed by atoms with van der Waals surface area (Å²) >= 11 is 6.47. The van der Waals surface area contributed by atoms with Gasteiger partial charge >= 0.3 is 0 Å². The van der Waals surface area contributed by atoms with E-state index in [1.165, 1.54) is 0 Å². The van der Waals surface area contributed by atoms with Crippen LogP contribution in [0.2, 0.25) is 5.02 Å². The molecule has 20 heavy (non-hydrogen) atoms. The number of nitrogens with two attached hydrogens (primary N) is 1. The minimum atomic E-state index is 0.568. The number of furan rings is 1. The molecule has 3 rings (SSSR count). The average molecular weight is 292 g/mol. The van der Waals surface area contributed by atoms with Crippen LogP contribution in [0.25, 0.3) is 22.2 Å². The molecule has 0 aliphatic carbocycles. The van der Waals surface area contributed by atoms with Crippen molar-refractivity contribution < 1.29 is 9.15 Å². The number of hydrogen-bond acceptors (Lipinski definition) is 4. The summed E-state index contributed by atoms with van der Waals surface area (Å²) in [6, 6.07) is 5.48. The third-order valence-corrected chi connectivity index (χ3v) is 3.65. The Kier molecular flexibility index (Phi) is 2.87. The van der Waals surface area contributed by atoms with Gasteiger partial charge in [-0.05, 0) is 19.1 Å². The van der Waals surface area contributed by atoms with Gasteiger partial charge in [0.05, 0.1) is 17.8 Å². The summed E-state index contributed by atoms with van der Waals surface area (Å²) in [5.41, 5.74) is 7.93. The minimum absolute atomic E-state index is 0.568. The molecular weight excluding hydrogens is 278 g/mol. The second-order valence-corrected chi connectivity index (χ2v) is 5.00. The van der Waals surface area contributed by atoms with Crippen molar-refractivity contribution in [1.82, 2.24) is 9.78 Å². The van der Waals surface area contributed by atoms with E-state index in [0.717, 1.165) is 16.7 Å². The molecule has 0 radical (unpaired) electrons. The van der Waals surface area contributed by atoms with E-state index in [1.807, 2.05) is 19.1 Å². The summed E-state index contributed by atoms with van der Waals surface area (Å²) in [5, 5.41) is 5.74. The number of hydrogen-bond donors (Lipinski definition) is 1. The number of aryl methyl sites for hydroxylation is 2. The van der Waals surface area contributed by atoms with Crippen LogP contribution >= 0.6 is 11.6 Å². The molecule has 2 aromatic heterocycles. The van der Waals surface area contributed by atoms with Crippen molar-refractivity contribution in [2.45, 2.75) is 6.92 Å². The molecule has 0 atom stereocenters. The van der Waals surface area contributed by atoms with Crippen LogP contribution in [0.4, 0.5) is 5.82 Å². The van der Waals surface area contributed by atoms with Crippen LogP contribution in [-0.4, -0.2) is 16.9 Å². The molecule has 3 aromatic rings. The maximum atomic E-state index is 6.47. The van der Waals surface area contributed by atoms with E-state index in [0.29, 0.717) is 27.9 Å². The summed E-state index contributed by atoms with van der Waals surface area (Å²) in [6.45, 7) is 1.87. The lowest BCUT2D eigenvalue weighted by molar-refractivity contribution is 0.409. The van der Waals surface area contributed by atoms with Crippen molar-refractivity contribution in [3.8, 4) is 17.0 Å². The highest BCUT2D eigenvalue weighted by Crippen LogP contribution is 2.41. The number of halogens is 1. The van der Waals surface area contributed by atoms with Gasteiger partial charge in [-0.2, -0.15) is 5.10 Å². The van der Waals surface area contributed by atoms with Gasteiger partial charge in [0.2, 0.25) is 0 Å². The smallest absolute Gasteiger partial charge is 0.177 e. The highest BCUT2D eigenvalue weighted by Gasteiger charge is 2.18. The monoisotopic (exact) mass is 291 g/mol. The number of nitrogens with zero attached hydrogens (tertiary/aromatic N) is 2. The Balaban J connectivity index is 2.33. The molecule has 0 saturated carbocycles. The fraction of sp³-hybridized carbons (Fsp3) is 0.214. The number of benzene rings is 1. The zero-order valence-corrected chi connectivity index (χ0v) is 12.2. The number of anilines is 1. The lowest BCUT2D eigenvalue weighted by atomic mass is 10.1. The van der Waals surface area contributed by atoms with E-state index >= 15 is 0 Å². The topological polar surface area (TPSA) is 66.2 Å². The lowest BCUT2D eigenvalue weighted by Gasteiger charge is -2.06. The molecule has 5 nitrogen and oxygen atoms in total. The molecule has 104 valence electrons. The van der Waals surface area contributed by atoms with Gasteiger partial charge < -0.3 is 14.9 Å². The molecule has 6 heteroatoms. The molecule has 1 aromatic carbocycles. The number of rotatable bonds is 2. The first-order valence-corrected chi connectivity index (χ1v) is 6.45. The Hall–Kier alpha value is -2.14. The molecular formula is C14H14ClN3O2. The molecule has 0 aliphatic rings. The first-order chi connectivity index (χ1) is 9.51. The summed E-state index contributed by atoms with van der Waals surface area (Å²) in [5.74, 6) is 1.97. The largest absolute Gasteiger partial charge is 0.493 e. The Morgan fingerprint density at radius 3 is 2.70 bits per heavy atom. The van der Waals surface area contributed by atoms with Gasteiger partial charge in [-0.1, -0.05) is 11.6 Å². The van der Waals surface area contributed by atoms with Crippen molar-refractivity contribution >= 4 is 28.4 Å². The molecule has 2 N–H and O–H groups in total. The van der Waals surface area contributed by atoms with Gasteiger partial charge in [-0.15, -0.1) is 0 Å². The van der Waals surface area contributed by atoms with Gasteiger partial charge in [-0.25, -0.2) is 0 Å².